The first-order valence-corrected chi connectivity index (χ1v) is 7.23. The highest BCUT2D eigenvalue weighted by Crippen LogP contribution is 2.34. The molecule has 0 radical (unpaired) electrons. The number of thiophene rings is 1. The van der Waals surface area contributed by atoms with Gasteiger partial charge in [-0.05, 0) is 23.9 Å². The van der Waals surface area contributed by atoms with Gasteiger partial charge in [-0.15, -0.1) is 11.3 Å². The van der Waals surface area contributed by atoms with Gasteiger partial charge in [0.2, 0.25) is 0 Å². The summed E-state index contributed by atoms with van der Waals surface area (Å²) in [7, 11) is 0. The molecule has 1 aliphatic heterocycles. The molecular formula is C15H17N3S. The van der Waals surface area contributed by atoms with Gasteiger partial charge in [0, 0.05) is 4.88 Å². The van der Waals surface area contributed by atoms with E-state index in [1.54, 1.807) is 11.3 Å². The molecule has 1 aromatic carbocycles. The second-order valence-electron chi connectivity index (χ2n) is 4.98. The van der Waals surface area contributed by atoms with Gasteiger partial charge in [-0.2, -0.15) is 0 Å². The number of rotatable bonds is 3. The quantitative estimate of drug-likeness (QED) is 0.932. The summed E-state index contributed by atoms with van der Waals surface area (Å²) >= 11 is 1.76. The fourth-order valence-corrected chi connectivity index (χ4v) is 3.21. The number of guanidine groups is 1. The molecular weight excluding hydrogens is 254 g/mol. The topological polar surface area (TPSA) is 41.6 Å². The Hall–Kier alpha value is -1.81. The summed E-state index contributed by atoms with van der Waals surface area (Å²) in [6.07, 6.45) is 0. The molecule has 2 heterocycles. The van der Waals surface area contributed by atoms with Crippen LogP contribution in [0.2, 0.25) is 0 Å². The molecule has 1 aromatic heterocycles. The molecule has 0 spiro atoms. The van der Waals surface area contributed by atoms with Crippen LogP contribution in [0.3, 0.4) is 0 Å². The van der Waals surface area contributed by atoms with Gasteiger partial charge in [-0.25, -0.2) is 0 Å². The van der Waals surface area contributed by atoms with E-state index in [-0.39, 0.29) is 5.54 Å². The molecule has 0 aliphatic carbocycles. The molecule has 1 atom stereocenters. The Morgan fingerprint density at radius 2 is 2.05 bits per heavy atom. The Balaban J connectivity index is 1.93. The van der Waals surface area contributed by atoms with Gasteiger partial charge in [-0.1, -0.05) is 36.4 Å². The smallest absolute Gasteiger partial charge is 0.192 e. The molecule has 0 saturated carbocycles. The third kappa shape index (κ3) is 2.12. The second-order valence-corrected chi connectivity index (χ2v) is 6.01. The van der Waals surface area contributed by atoms with Crippen molar-refractivity contribution < 1.29 is 0 Å². The van der Waals surface area contributed by atoms with Gasteiger partial charge < -0.3 is 10.6 Å². The Labute approximate surface area is 117 Å². The predicted octanol–water partition coefficient (Wildman–Crippen LogP) is 2.79. The number of nitrogens with two attached hydrogens (primary N) is 1. The van der Waals surface area contributed by atoms with Crippen molar-refractivity contribution in [3.05, 3.63) is 58.3 Å². The number of benzene rings is 1. The van der Waals surface area contributed by atoms with Crippen LogP contribution in [0.1, 0.15) is 17.4 Å². The van der Waals surface area contributed by atoms with E-state index < -0.39 is 0 Å². The van der Waals surface area contributed by atoms with Crippen molar-refractivity contribution in [3.8, 4) is 0 Å². The maximum Gasteiger partial charge on any atom is 0.192 e. The number of aliphatic imine (C=N–C) groups is 1. The van der Waals surface area contributed by atoms with E-state index in [1.807, 2.05) is 6.07 Å². The van der Waals surface area contributed by atoms with Crippen LogP contribution >= 0.6 is 11.3 Å². The zero-order valence-electron chi connectivity index (χ0n) is 10.9. The van der Waals surface area contributed by atoms with E-state index in [1.165, 1.54) is 10.4 Å². The van der Waals surface area contributed by atoms with E-state index in [2.05, 4.69) is 58.6 Å². The fourth-order valence-electron chi connectivity index (χ4n) is 2.52. The third-order valence-corrected chi connectivity index (χ3v) is 4.57. The summed E-state index contributed by atoms with van der Waals surface area (Å²) in [5.74, 6) is 0.639. The minimum atomic E-state index is -0.144. The van der Waals surface area contributed by atoms with E-state index in [4.69, 9.17) is 5.73 Å². The van der Waals surface area contributed by atoms with Crippen LogP contribution in [0.5, 0.6) is 0 Å². The lowest BCUT2D eigenvalue weighted by Crippen LogP contribution is -2.46. The maximum atomic E-state index is 6.09. The number of hydrogen-bond acceptors (Lipinski definition) is 4. The van der Waals surface area contributed by atoms with E-state index in [0.29, 0.717) is 12.5 Å². The first-order valence-electron chi connectivity index (χ1n) is 6.35. The molecule has 0 bridgehead atoms. The molecule has 1 aliphatic rings. The average molecular weight is 271 g/mol. The average Bonchev–Trinajstić information content (AvgIpc) is 3.04. The number of hydrogen-bond donors (Lipinski definition) is 1. The Kier molecular flexibility index (Phi) is 3.03. The fraction of sp³-hybridized carbons (Fsp3) is 0.267. The van der Waals surface area contributed by atoms with Crippen LogP contribution in [0.25, 0.3) is 0 Å². The SMILES string of the molecule is CC1(c2ccccc2)CN=C(N)N1Cc1cccs1. The van der Waals surface area contributed by atoms with Crippen LogP contribution in [0.4, 0.5) is 0 Å². The zero-order chi connectivity index (χ0) is 13.3. The van der Waals surface area contributed by atoms with Gasteiger partial charge in [0.25, 0.3) is 0 Å². The lowest BCUT2D eigenvalue weighted by Gasteiger charge is -2.36. The highest BCUT2D eigenvalue weighted by atomic mass is 32.1. The van der Waals surface area contributed by atoms with Crippen LogP contribution in [0, 0.1) is 0 Å². The van der Waals surface area contributed by atoms with Crippen LogP contribution in [-0.4, -0.2) is 17.4 Å². The second kappa shape index (κ2) is 4.70. The summed E-state index contributed by atoms with van der Waals surface area (Å²) in [4.78, 5) is 7.96. The molecule has 19 heavy (non-hydrogen) atoms. The van der Waals surface area contributed by atoms with Crippen molar-refractivity contribution >= 4 is 17.3 Å². The van der Waals surface area contributed by atoms with E-state index in [0.717, 1.165) is 6.54 Å². The highest BCUT2D eigenvalue weighted by Gasteiger charge is 2.39. The third-order valence-electron chi connectivity index (χ3n) is 3.71. The van der Waals surface area contributed by atoms with Crippen molar-refractivity contribution in [2.75, 3.05) is 6.54 Å². The van der Waals surface area contributed by atoms with Gasteiger partial charge in [0.1, 0.15) is 0 Å². The van der Waals surface area contributed by atoms with Crippen LogP contribution in [0.15, 0.2) is 52.8 Å². The summed E-state index contributed by atoms with van der Waals surface area (Å²) in [6, 6.07) is 14.7. The van der Waals surface area contributed by atoms with E-state index >= 15 is 0 Å². The monoisotopic (exact) mass is 271 g/mol. The molecule has 0 saturated heterocycles. The van der Waals surface area contributed by atoms with Gasteiger partial charge in [0.05, 0.1) is 18.6 Å². The molecule has 4 heteroatoms. The summed E-state index contributed by atoms with van der Waals surface area (Å²) in [5.41, 5.74) is 7.21. The summed E-state index contributed by atoms with van der Waals surface area (Å²) in [6.45, 7) is 3.74. The highest BCUT2D eigenvalue weighted by molar-refractivity contribution is 7.09. The molecule has 3 rings (SSSR count). The molecule has 98 valence electrons. The Morgan fingerprint density at radius 3 is 2.74 bits per heavy atom. The standard InChI is InChI=1S/C15H17N3S/c1-15(12-6-3-2-4-7-12)11-17-14(16)18(15)10-13-8-5-9-19-13/h2-9H,10-11H2,1H3,(H2,16,17). The zero-order valence-corrected chi connectivity index (χ0v) is 11.7. The summed E-state index contributed by atoms with van der Waals surface area (Å²) < 4.78 is 0. The van der Waals surface area contributed by atoms with Gasteiger partial charge in [0.15, 0.2) is 5.96 Å². The summed E-state index contributed by atoms with van der Waals surface area (Å²) in [5, 5.41) is 2.10. The van der Waals surface area contributed by atoms with Crippen molar-refractivity contribution in [2.24, 2.45) is 10.7 Å². The van der Waals surface area contributed by atoms with Crippen LogP contribution in [-0.2, 0) is 12.1 Å². The molecule has 2 N–H and O–H groups in total. The van der Waals surface area contributed by atoms with Gasteiger partial charge in [-0.3, -0.25) is 4.99 Å². The molecule has 0 fully saturated rings. The minimum Gasteiger partial charge on any atom is -0.370 e. The number of nitrogens with zero attached hydrogens (tertiary/aromatic N) is 2. The lowest BCUT2D eigenvalue weighted by atomic mass is 9.91. The van der Waals surface area contributed by atoms with Crippen LogP contribution < -0.4 is 5.73 Å². The van der Waals surface area contributed by atoms with Crippen molar-refractivity contribution in [3.63, 3.8) is 0 Å². The maximum absolute atomic E-state index is 6.09. The van der Waals surface area contributed by atoms with Crippen molar-refractivity contribution in [1.82, 2.24) is 4.90 Å². The largest absolute Gasteiger partial charge is 0.370 e. The first kappa shape index (κ1) is 12.2. The molecule has 1 unspecified atom stereocenters. The predicted molar refractivity (Wildman–Crippen MR) is 80.1 cm³/mol. The minimum absolute atomic E-state index is 0.144. The van der Waals surface area contributed by atoms with Gasteiger partial charge >= 0.3 is 0 Å². The molecule has 2 aromatic rings. The van der Waals surface area contributed by atoms with E-state index in [9.17, 15) is 0 Å². The lowest BCUT2D eigenvalue weighted by molar-refractivity contribution is 0.219. The Morgan fingerprint density at radius 1 is 1.26 bits per heavy atom. The normalized spacial score (nSPS) is 22.6. The molecule has 0 amide bonds. The van der Waals surface area contributed by atoms with Crippen molar-refractivity contribution in [2.45, 2.75) is 19.0 Å². The first-order chi connectivity index (χ1) is 9.20. The Bertz CT molecular complexity index is 577. The van der Waals surface area contributed by atoms with Crippen molar-refractivity contribution in [1.29, 1.82) is 0 Å². The molecule has 3 nitrogen and oxygen atoms in total.